The van der Waals surface area contributed by atoms with Crippen molar-refractivity contribution in [2.24, 2.45) is 0 Å². The lowest BCUT2D eigenvalue weighted by atomic mass is 10.1. The van der Waals surface area contributed by atoms with Crippen molar-refractivity contribution in [3.05, 3.63) is 58.1 Å². The summed E-state index contributed by atoms with van der Waals surface area (Å²) in [6, 6.07) is 11.1. The van der Waals surface area contributed by atoms with E-state index >= 15 is 0 Å². The van der Waals surface area contributed by atoms with Crippen LogP contribution in [-0.2, 0) is 21.2 Å². The standard InChI is InChI=1S/C18H20Cl2N2O3S/c1-3-22(4-2)26(24,25)16-9-7-15(8-10-16)21-18(23)11-13-5-6-14(19)12-17(13)20/h5-10,12H,3-4,11H2,1-2H3,(H,21,23). The zero-order valence-electron chi connectivity index (χ0n) is 14.5. The van der Waals surface area contributed by atoms with E-state index in [1.807, 2.05) is 0 Å². The lowest BCUT2D eigenvalue weighted by Crippen LogP contribution is -2.30. The van der Waals surface area contributed by atoms with Gasteiger partial charge in [-0.2, -0.15) is 4.31 Å². The lowest BCUT2D eigenvalue weighted by Gasteiger charge is -2.18. The summed E-state index contributed by atoms with van der Waals surface area (Å²) in [4.78, 5) is 12.4. The molecule has 2 rings (SSSR count). The van der Waals surface area contributed by atoms with Gasteiger partial charge in [-0.3, -0.25) is 4.79 Å². The minimum Gasteiger partial charge on any atom is -0.326 e. The van der Waals surface area contributed by atoms with Crippen LogP contribution >= 0.6 is 23.2 Å². The highest BCUT2D eigenvalue weighted by molar-refractivity contribution is 7.89. The van der Waals surface area contributed by atoms with Crippen molar-refractivity contribution in [1.82, 2.24) is 4.31 Å². The number of anilines is 1. The normalized spacial score (nSPS) is 11.6. The number of carbonyl (C=O) groups is 1. The summed E-state index contributed by atoms with van der Waals surface area (Å²) in [7, 11) is -3.51. The summed E-state index contributed by atoms with van der Waals surface area (Å²) in [5.74, 6) is -0.256. The summed E-state index contributed by atoms with van der Waals surface area (Å²) in [6.45, 7) is 4.38. The van der Waals surface area contributed by atoms with Crippen LogP contribution in [0.25, 0.3) is 0 Å². The number of nitrogens with one attached hydrogen (secondary N) is 1. The molecule has 0 fully saturated rings. The van der Waals surface area contributed by atoms with Gasteiger partial charge in [0.15, 0.2) is 0 Å². The first-order valence-electron chi connectivity index (χ1n) is 8.12. The predicted molar refractivity (Wildman–Crippen MR) is 105 cm³/mol. The second-order valence-electron chi connectivity index (χ2n) is 5.57. The maximum Gasteiger partial charge on any atom is 0.243 e. The first-order chi connectivity index (χ1) is 12.3. The summed E-state index contributed by atoms with van der Waals surface area (Å²) in [5, 5.41) is 3.66. The minimum atomic E-state index is -3.51. The van der Waals surface area contributed by atoms with Crippen LogP contribution in [0.1, 0.15) is 19.4 Å². The van der Waals surface area contributed by atoms with E-state index in [0.29, 0.717) is 34.4 Å². The zero-order valence-corrected chi connectivity index (χ0v) is 16.8. The molecule has 8 heteroatoms. The molecule has 0 aliphatic carbocycles. The number of hydrogen-bond acceptors (Lipinski definition) is 3. The number of sulfonamides is 1. The maximum absolute atomic E-state index is 12.4. The number of carbonyl (C=O) groups excluding carboxylic acids is 1. The SMILES string of the molecule is CCN(CC)S(=O)(=O)c1ccc(NC(=O)Cc2ccc(Cl)cc2Cl)cc1. The summed E-state index contributed by atoms with van der Waals surface area (Å²) in [5.41, 5.74) is 1.17. The van der Waals surface area contributed by atoms with E-state index < -0.39 is 10.0 Å². The van der Waals surface area contributed by atoms with Crippen LogP contribution < -0.4 is 5.32 Å². The number of amides is 1. The summed E-state index contributed by atoms with van der Waals surface area (Å²) < 4.78 is 26.3. The van der Waals surface area contributed by atoms with Gasteiger partial charge in [-0.05, 0) is 42.0 Å². The average molecular weight is 415 g/mol. The highest BCUT2D eigenvalue weighted by Crippen LogP contribution is 2.22. The van der Waals surface area contributed by atoms with Crippen molar-refractivity contribution in [3.8, 4) is 0 Å². The molecule has 0 radical (unpaired) electrons. The molecular weight excluding hydrogens is 395 g/mol. The quantitative estimate of drug-likeness (QED) is 0.737. The van der Waals surface area contributed by atoms with Gasteiger partial charge in [0.1, 0.15) is 0 Å². The van der Waals surface area contributed by atoms with E-state index in [9.17, 15) is 13.2 Å². The van der Waals surface area contributed by atoms with Gasteiger partial charge in [-0.15, -0.1) is 0 Å². The Morgan fingerprint density at radius 3 is 2.19 bits per heavy atom. The van der Waals surface area contributed by atoms with Crippen LogP contribution in [0, 0.1) is 0 Å². The second kappa shape index (κ2) is 8.86. The predicted octanol–water partition coefficient (Wildman–Crippen LogP) is 4.21. The smallest absolute Gasteiger partial charge is 0.243 e. The number of rotatable bonds is 7. The van der Waals surface area contributed by atoms with Gasteiger partial charge in [-0.1, -0.05) is 43.1 Å². The van der Waals surface area contributed by atoms with Crippen LogP contribution in [0.5, 0.6) is 0 Å². The highest BCUT2D eigenvalue weighted by Gasteiger charge is 2.21. The summed E-state index contributed by atoms with van der Waals surface area (Å²) >= 11 is 11.9. The Morgan fingerprint density at radius 1 is 1.04 bits per heavy atom. The number of hydrogen-bond donors (Lipinski definition) is 1. The molecule has 26 heavy (non-hydrogen) atoms. The Balaban J connectivity index is 2.08. The van der Waals surface area contributed by atoms with Crippen molar-refractivity contribution >= 4 is 44.8 Å². The average Bonchev–Trinajstić information content (AvgIpc) is 2.59. The molecule has 0 heterocycles. The van der Waals surface area contributed by atoms with E-state index in [2.05, 4.69) is 5.32 Å². The molecule has 5 nitrogen and oxygen atoms in total. The molecule has 1 N–H and O–H groups in total. The molecule has 0 saturated carbocycles. The van der Waals surface area contributed by atoms with Crippen LogP contribution in [-0.4, -0.2) is 31.7 Å². The molecule has 0 atom stereocenters. The van der Waals surface area contributed by atoms with Crippen LogP contribution in [0.4, 0.5) is 5.69 Å². The van der Waals surface area contributed by atoms with Crippen LogP contribution in [0.3, 0.4) is 0 Å². The summed E-state index contributed by atoms with van der Waals surface area (Å²) in [6.07, 6.45) is 0.0928. The van der Waals surface area contributed by atoms with Crippen molar-refractivity contribution < 1.29 is 13.2 Å². The van der Waals surface area contributed by atoms with Gasteiger partial charge < -0.3 is 5.32 Å². The van der Waals surface area contributed by atoms with Crippen molar-refractivity contribution in [1.29, 1.82) is 0 Å². The number of halogens is 2. The molecule has 0 unspecified atom stereocenters. The van der Waals surface area contributed by atoms with E-state index in [4.69, 9.17) is 23.2 Å². The van der Waals surface area contributed by atoms with E-state index in [1.54, 1.807) is 44.2 Å². The molecule has 0 saturated heterocycles. The van der Waals surface area contributed by atoms with Gasteiger partial charge in [-0.25, -0.2) is 8.42 Å². The van der Waals surface area contributed by atoms with Crippen molar-refractivity contribution in [3.63, 3.8) is 0 Å². The monoisotopic (exact) mass is 414 g/mol. The van der Waals surface area contributed by atoms with Gasteiger partial charge in [0.25, 0.3) is 0 Å². The number of nitrogens with zero attached hydrogens (tertiary/aromatic N) is 1. The third-order valence-electron chi connectivity index (χ3n) is 3.85. The maximum atomic E-state index is 12.4. The molecule has 0 bridgehead atoms. The molecule has 0 aliphatic heterocycles. The fourth-order valence-electron chi connectivity index (χ4n) is 2.47. The zero-order chi connectivity index (χ0) is 19.3. The third-order valence-corrected chi connectivity index (χ3v) is 6.50. The largest absolute Gasteiger partial charge is 0.326 e. The van der Waals surface area contributed by atoms with Crippen molar-refractivity contribution in [2.45, 2.75) is 25.2 Å². The Hall–Kier alpha value is -1.60. The number of benzene rings is 2. The van der Waals surface area contributed by atoms with Crippen LogP contribution in [0.15, 0.2) is 47.4 Å². The topological polar surface area (TPSA) is 66.5 Å². The molecule has 2 aromatic carbocycles. The van der Waals surface area contributed by atoms with Crippen molar-refractivity contribution in [2.75, 3.05) is 18.4 Å². The highest BCUT2D eigenvalue weighted by atomic mass is 35.5. The Bertz CT molecular complexity index is 880. The second-order valence-corrected chi connectivity index (χ2v) is 8.36. The van der Waals surface area contributed by atoms with Gasteiger partial charge in [0.05, 0.1) is 11.3 Å². The Morgan fingerprint density at radius 2 is 1.65 bits per heavy atom. The molecule has 0 aliphatic rings. The minimum absolute atomic E-state index is 0.0928. The first kappa shape index (κ1) is 20.7. The molecular formula is C18H20Cl2N2O3S. The van der Waals surface area contributed by atoms with Gasteiger partial charge in [0.2, 0.25) is 15.9 Å². The molecule has 1 amide bonds. The van der Waals surface area contributed by atoms with E-state index in [0.717, 1.165) is 0 Å². The Labute approximate surface area is 164 Å². The van der Waals surface area contributed by atoms with E-state index in [1.165, 1.54) is 16.4 Å². The van der Waals surface area contributed by atoms with Crippen LogP contribution in [0.2, 0.25) is 10.0 Å². The fraction of sp³-hybridized carbons (Fsp3) is 0.278. The van der Waals surface area contributed by atoms with Gasteiger partial charge in [0, 0.05) is 28.8 Å². The first-order valence-corrected chi connectivity index (χ1v) is 10.3. The third kappa shape index (κ3) is 4.98. The molecule has 2 aromatic rings. The van der Waals surface area contributed by atoms with Gasteiger partial charge >= 0.3 is 0 Å². The Kier molecular flexibility index (Phi) is 7.06. The fourth-order valence-corrected chi connectivity index (χ4v) is 4.40. The lowest BCUT2D eigenvalue weighted by molar-refractivity contribution is -0.115. The van der Waals surface area contributed by atoms with E-state index in [-0.39, 0.29) is 17.2 Å². The molecule has 0 spiro atoms. The molecule has 140 valence electrons. The molecule has 0 aromatic heterocycles.